The maximum absolute atomic E-state index is 4.26. The summed E-state index contributed by atoms with van der Waals surface area (Å²) in [7, 11) is 0. The second-order valence-corrected chi connectivity index (χ2v) is 4.22. The van der Waals surface area contributed by atoms with Crippen molar-refractivity contribution in [2.24, 2.45) is 0 Å². The molecule has 0 radical (unpaired) electrons. The highest BCUT2D eigenvalue weighted by atomic mass is 32.2. The average Bonchev–Trinajstić information content (AvgIpc) is 2.39. The highest BCUT2D eigenvalue weighted by molar-refractivity contribution is 7.99. The quantitative estimate of drug-likeness (QED) is 0.808. The van der Waals surface area contributed by atoms with Crippen LogP contribution in [0.15, 0.2) is 41.2 Å². The highest BCUT2D eigenvalue weighted by Crippen LogP contribution is 2.18. The van der Waals surface area contributed by atoms with Gasteiger partial charge in [-0.3, -0.25) is 0 Å². The fourth-order valence-corrected chi connectivity index (χ4v) is 1.78. The smallest absolute Gasteiger partial charge is 0.195 e. The van der Waals surface area contributed by atoms with Crippen LogP contribution in [0.4, 0.5) is 0 Å². The molecular weight excluding hydrogens is 234 g/mol. The second kappa shape index (κ2) is 6.27. The zero-order valence-electron chi connectivity index (χ0n) is 9.50. The normalized spacial score (nSPS) is 10.4. The van der Waals surface area contributed by atoms with Gasteiger partial charge in [0, 0.05) is 36.9 Å². The molecule has 0 fully saturated rings. The lowest BCUT2D eigenvalue weighted by atomic mass is 10.3. The van der Waals surface area contributed by atoms with Crippen molar-refractivity contribution >= 4 is 11.8 Å². The fraction of sp³-hybridized carbons (Fsp3) is 0.273. The SMILES string of the molecule is CCNCc1cnc(Sc2ncccn2)nc1. The monoisotopic (exact) mass is 247 g/mol. The highest BCUT2D eigenvalue weighted by Gasteiger charge is 2.02. The number of hydrogen-bond acceptors (Lipinski definition) is 6. The van der Waals surface area contributed by atoms with E-state index in [1.165, 1.54) is 11.8 Å². The van der Waals surface area contributed by atoms with Gasteiger partial charge >= 0.3 is 0 Å². The van der Waals surface area contributed by atoms with Crippen molar-refractivity contribution in [3.05, 3.63) is 36.4 Å². The van der Waals surface area contributed by atoms with Crippen LogP contribution in [-0.4, -0.2) is 26.5 Å². The van der Waals surface area contributed by atoms with Crippen LogP contribution in [0.1, 0.15) is 12.5 Å². The average molecular weight is 247 g/mol. The summed E-state index contributed by atoms with van der Waals surface area (Å²) >= 11 is 1.36. The first kappa shape index (κ1) is 11.9. The van der Waals surface area contributed by atoms with Crippen molar-refractivity contribution in [3.8, 4) is 0 Å². The first-order valence-corrected chi connectivity index (χ1v) is 6.16. The molecule has 0 amide bonds. The molecule has 17 heavy (non-hydrogen) atoms. The van der Waals surface area contributed by atoms with Gasteiger partial charge in [0.2, 0.25) is 0 Å². The van der Waals surface area contributed by atoms with E-state index in [1.54, 1.807) is 18.5 Å². The molecule has 0 aliphatic carbocycles. The molecule has 0 aromatic carbocycles. The van der Waals surface area contributed by atoms with Crippen molar-refractivity contribution < 1.29 is 0 Å². The van der Waals surface area contributed by atoms with Crippen LogP contribution in [0.25, 0.3) is 0 Å². The maximum atomic E-state index is 4.26. The predicted octanol–water partition coefficient (Wildman–Crippen LogP) is 1.53. The first-order valence-electron chi connectivity index (χ1n) is 5.35. The summed E-state index contributed by atoms with van der Waals surface area (Å²) in [5.74, 6) is 0. The third-order valence-corrected chi connectivity index (χ3v) is 2.77. The largest absolute Gasteiger partial charge is 0.313 e. The van der Waals surface area contributed by atoms with Gasteiger partial charge in [0.15, 0.2) is 10.3 Å². The Hall–Kier alpha value is -1.53. The Morgan fingerprint density at radius 3 is 2.35 bits per heavy atom. The van der Waals surface area contributed by atoms with Gasteiger partial charge in [-0.05, 0) is 24.4 Å². The molecule has 0 unspecified atom stereocenters. The molecular formula is C11H13N5S. The summed E-state index contributed by atoms with van der Waals surface area (Å²) in [6.45, 7) is 3.80. The van der Waals surface area contributed by atoms with Gasteiger partial charge in [-0.2, -0.15) is 0 Å². The molecule has 0 saturated carbocycles. The van der Waals surface area contributed by atoms with Crippen molar-refractivity contribution in [1.29, 1.82) is 0 Å². The summed E-state index contributed by atoms with van der Waals surface area (Å²) in [5.41, 5.74) is 1.07. The van der Waals surface area contributed by atoms with Gasteiger partial charge in [0.05, 0.1) is 0 Å². The van der Waals surface area contributed by atoms with Crippen molar-refractivity contribution in [3.63, 3.8) is 0 Å². The van der Waals surface area contributed by atoms with E-state index in [1.807, 2.05) is 12.4 Å². The van der Waals surface area contributed by atoms with Crippen LogP contribution in [0, 0.1) is 0 Å². The predicted molar refractivity (Wildman–Crippen MR) is 65.6 cm³/mol. The topological polar surface area (TPSA) is 63.6 Å². The van der Waals surface area contributed by atoms with Crippen LogP contribution in [0.5, 0.6) is 0 Å². The summed E-state index contributed by atoms with van der Waals surface area (Å²) in [6, 6.07) is 1.78. The molecule has 0 spiro atoms. The van der Waals surface area contributed by atoms with Crippen LogP contribution in [-0.2, 0) is 6.54 Å². The lowest BCUT2D eigenvalue weighted by Crippen LogP contribution is -2.12. The van der Waals surface area contributed by atoms with Crippen LogP contribution < -0.4 is 5.32 Å². The Labute approximate surface area is 104 Å². The fourth-order valence-electron chi connectivity index (χ4n) is 1.18. The molecule has 0 aliphatic rings. The molecule has 1 N–H and O–H groups in total. The van der Waals surface area contributed by atoms with Gasteiger partial charge in [-0.25, -0.2) is 19.9 Å². The third kappa shape index (κ3) is 3.76. The lowest BCUT2D eigenvalue weighted by molar-refractivity contribution is 0.716. The molecule has 2 aromatic heterocycles. The third-order valence-electron chi connectivity index (χ3n) is 1.99. The van der Waals surface area contributed by atoms with Crippen molar-refractivity contribution in [2.75, 3.05) is 6.54 Å². The standard InChI is InChI=1S/C11H13N5S/c1-2-12-6-9-7-15-11(16-8-9)17-10-13-4-3-5-14-10/h3-5,7-8,12H,2,6H2,1H3. The number of nitrogens with zero attached hydrogens (tertiary/aromatic N) is 4. The minimum atomic E-state index is 0.659. The van der Waals surface area contributed by atoms with E-state index in [0.717, 1.165) is 18.7 Å². The minimum absolute atomic E-state index is 0.659. The molecule has 0 atom stereocenters. The van der Waals surface area contributed by atoms with Crippen LogP contribution in [0.2, 0.25) is 0 Å². The van der Waals surface area contributed by atoms with E-state index < -0.39 is 0 Å². The molecule has 0 bridgehead atoms. The second-order valence-electron chi connectivity index (χ2n) is 3.29. The first-order chi connectivity index (χ1) is 8.38. The molecule has 6 heteroatoms. The number of rotatable bonds is 5. The molecule has 2 heterocycles. The zero-order chi connectivity index (χ0) is 11.9. The van der Waals surface area contributed by atoms with E-state index in [2.05, 4.69) is 32.2 Å². The number of nitrogens with one attached hydrogen (secondary N) is 1. The van der Waals surface area contributed by atoms with E-state index in [0.29, 0.717) is 10.3 Å². The Kier molecular flexibility index (Phi) is 4.40. The molecule has 5 nitrogen and oxygen atoms in total. The Morgan fingerprint density at radius 2 is 1.71 bits per heavy atom. The summed E-state index contributed by atoms with van der Waals surface area (Å²) in [4.78, 5) is 16.7. The van der Waals surface area contributed by atoms with Gasteiger partial charge in [-0.15, -0.1) is 0 Å². The van der Waals surface area contributed by atoms with Gasteiger partial charge in [-0.1, -0.05) is 6.92 Å². The molecule has 2 rings (SSSR count). The molecule has 88 valence electrons. The van der Waals surface area contributed by atoms with Gasteiger partial charge in [0.1, 0.15) is 0 Å². The Bertz CT molecular complexity index is 445. The summed E-state index contributed by atoms with van der Waals surface area (Å²) in [5, 5.41) is 4.54. The lowest BCUT2D eigenvalue weighted by Gasteiger charge is -2.02. The van der Waals surface area contributed by atoms with Gasteiger partial charge < -0.3 is 5.32 Å². The molecule has 0 saturated heterocycles. The van der Waals surface area contributed by atoms with Crippen LogP contribution >= 0.6 is 11.8 Å². The van der Waals surface area contributed by atoms with E-state index in [4.69, 9.17) is 0 Å². The maximum Gasteiger partial charge on any atom is 0.195 e. The summed E-state index contributed by atoms with van der Waals surface area (Å²) in [6.07, 6.45) is 7.05. The van der Waals surface area contributed by atoms with Crippen molar-refractivity contribution in [2.45, 2.75) is 23.8 Å². The van der Waals surface area contributed by atoms with E-state index in [9.17, 15) is 0 Å². The summed E-state index contributed by atoms with van der Waals surface area (Å²) < 4.78 is 0. The molecule has 0 aliphatic heterocycles. The van der Waals surface area contributed by atoms with Crippen LogP contribution in [0.3, 0.4) is 0 Å². The number of aromatic nitrogens is 4. The number of hydrogen-bond donors (Lipinski definition) is 1. The van der Waals surface area contributed by atoms with Gasteiger partial charge in [0.25, 0.3) is 0 Å². The zero-order valence-corrected chi connectivity index (χ0v) is 10.3. The van der Waals surface area contributed by atoms with E-state index >= 15 is 0 Å². The molecule has 2 aromatic rings. The minimum Gasteiger partial charge on any atom is -0.313 e. The Morgan fingerprint density at radius 1 is 1.06 bits per heavy atom. The van der Waals surface area contributed by atoms with E-state index in [-0.39, 0.29) is 0 Å². The Balaban J connectivity index is 1.98. The van der Waals surface area contributed by atoms with Crippen molar-refractivity contribution in [1.82, 2.24) is 25.3 Å².